The van der Waals surface area contributed by atoms with E-state index in [4.69, 9.17) is 28.9 Å². The molecule has 0 radical (unpaired) electrons. The molecule has 2 aromatic carbocycles. The van der Waals surface area contributed by atoms with Gasteiger partial charge in [0.05, 0.1) is 11.2 Å². The fraction of sp³-hybridized carbons (Fsp3) is 0.0588. The van der Waals surface area contributed by atoms with Crippen LogP contribution in [0.2, 0.25) is 10.0 Å². The Bertz CT molecular complexity index is 865. The number of H-pyrrole nitrogens is 1. The van der Waals surface area contributed by atoms with Crippen molar-refractivity contribution in [3.8, 4) is 11.1 Å². The number of nitrogens with zero attached hydrogens (tertiary/aromatic N) is 1. The van der Waals surface area contributed by atoms with Gasteiger partial charge in [-0.15, -0.1) is 0 Å². The summed E-state index contributed by atoms with van der Waals surface area (Å²) in [5.41, 5.74) is 8.88. The number of aromatic nitrogens is 2. The molecule has 3 rings (SSSR count). The first kappa shape index (κ1) is 16.5. The number of nitrogens with two attached hydrogens (primary N) is 1. The molecule has 0 spiro atoms. The predicted octanol–water partition coefficient (Wildman–Crippen LogP) is 4.02. The van der Waals surface area contributed by atoms with E-state index in [2.05, 4.69) is 15.5 Å². The quantitative estimate of drug-likeness (QED) is 0.656. The third-order valence-electron chi connectivity index (χ3n) is 3.54. The van der Waals surface area contributed by atoms with Crippen molar-refractivity contribution < 1.29 is 4.79 Å². The molecule has 0 aliphatic heterocycles. The molecule has 0 bridgehead atoms. The van der Waals surface area contributed by atoms with Crippen LogP contribution in [0.15, 0.2) is 54.9 Å². The molecule has 1 heterocycles. The molecule has 1 unspecified atom stereocenters. The predicted molar refractivity (Wildman–Crippen MR) is 96.0 cm³/mol. The SMILES string of the molecule is NC(C(=O)Nc1ccc(-c2cn[nH]c2)c(Cl)c1)c1cccc(Cl)c1. The van der Waals surface area contributed by atoms with Gasteiger partial charge in [0.25, 0.3) is 0 Å². The molecule has 0 aliphatic rings. The Balaban J connectivity index is 1.76. The van der Waals surface area contributed by atoms with Crippen LogP contribution in [0.3, 0.4) is 0 Å². The fourth-order valence-corrected chi connectivity index (χ4v) is 2.78. The van der Waals surface area contributed by atoms with Gasteiger partial charge in [-0.2, -0.15) is 5.10 Å². The largest absolute Gasteiger partial charge is 0.324 e. The van der Waals surface area contributed by atoms with E-state index in [9.17, 15) is 4.79 Å². The topological polar surface area (TPSA) is 83.8 Å². The van der Waals surface area contributed by atoms with E-state index in [1.165, 1.54) is 0 Å². The highest BCUT2D eigenvalue weighted by molar-refractivity contribution is 6.33. The van der Waals surface area contributed by atoms with Crippen LogP contribution in [0.4, 0.5) is 5.69 Å². The van der Waals surface area contributed by atoms with Crippen molar-refractivity contribution in [1.29, 1.82) is 0 Å². The van der Waals surface area contributed by atoms with E-state index < -0.39 is 6.04 Å². The lowest BCUT2D eigenvalue weighted by atomic mass is 10.1. The van der Waals surface area contributed by atoms with Crippen LogP contribution >= 0.6 is 23.2 Å². The number of carbonyl (C=O) groups excluding carboxylic acids is 1. The van der Waals surface area contributed by atoms with E-state index in [-0.39, 0.29) is 5.91 Å². The summed E-state index contributed by atoms with van der Waals surface area (Å²) in [4.78, 5) is 12.3. The zero-order valence-corrected chi connectivity index (χ0v) is 14.0. The number of amides is 1. The third-order valence-corrected chi connectivity index (χ3v) is 4.08. The minimum atomic E-state index is -0.823. The van der Waals surface area contributed by atoms with Crippen LogP contribution < -0.4 is 11.1 Å². The molecule has 0 saturated carbocycles. The van der Waals surface area contributed by atoms with Gasteiger partial charge in [0.15, 0.2) is 0 Å². The number of nitrogens with one attached hydrogen (secondary N) is 2. The summed E-state index contributed by atoms with van der Waals surface area (Å²) in [6, 6.07) is 11.3. The maximum atomic E-state index is 12.3. The number of aromatic amines is 1. The fourth-order valence-electron chi connectivity index (χ4n) is 2.30. The first-order valence-corrected chi connectivity index (χ1v) is 7.91. The van der Waals surface area contributed by atoms with Crippen LogP contribution in [0.1, 0.15) is 11.6 Å². The zero-order chi connectivity index (χ0) is 17.1. The molecule has 122 valence electrons. The van der Waals surface area contributed by atoms with Crippen molar-refractivity contribution in [2.24, 2.45) is 5.73 Å². The summed E-state index contributed by atoms with van der Waals surface area (Å²) < 4.78 is 0. The van der Waals surface area contributed by atoms with E-state index in [0.717, 1.165) is 11.1 Å². The zero-order valence-electron chi connectivity index (χ0n) is 12.5. The van der Waals surface area contributed by atoms with Crippen molar-refractivity contribution in [2.75, 3.05) is 5.32 Å². The highest BCUT2D eigenvalue weighted by Crippen LogP contribution is 2.30. The van der Waals surface area contributed by atoms with Gasteiger partial charge >= 0.3 is 0 Å². The molecule has 4 N–H and O–H groups in total. The van der Waals surface area contributed by atoms with Gasteiger partial charge in [-0.1, -0.05) is 41.4 Å². The monoisotopic (exact) mass is 360 g/mol. The highest BCUT2D eigenvalue weighted by Gasteiger charge is 2.17. The molecular weight excluding hydrogens is 347 g/mol. The normalized spacial score (nSPS) is 12.0. The first-order chi connectivity index (χ1) is 11.5. The maximum absolute atomic E-state index is 12.3. The number of benzene rings is 2. The minimum Gasteiger partial charge on any atom is -0.324 e. The minimum absolute atomic E-state index is 0.343. The van der Waals surface area contributed by atoms with Crippen molar-refractivity contribution >= 4 is 34.8 Å². The average molecular weight is 361 g/mol. The molecule has 24 heavy (non-hydrogen) atoms. The summed E-state index contributed by atoms with van der Waals surface area (Å²) in [5, 5.41) is 10.4. The summed E-state index contributed by atoms with van der Waals surface area (Å²) in [6.45, 7) is 0. The van der Waals surface area contributed by atoms with Crippen LogP contribution in [0, 0.1) is 0 Å². The van der Waals surface area contributed by atoms with E-state index in [1.54, 1.807) is 48.8 Å². The lowest BCUT2D eigenvalue weighted by molar-refractivity contribution is -0.117. The molecule has 3 aromatic rings. The second-order valence-corrected chi connectivity index (χ2v) is 6.05. The lowest BCUT2D eigenvalue weighted by Crippen LogP contribution is -2.27. The van der Waals surface area contributed by atoms with Gasteiger partial charge < -0.3 is 11.1 Å². The molecular formula is C17H14Cl2N4O. The summed E-state index contributed by atoms with van der Waals surface area (Å²) >= 11 is 12.2. The first-order valence-electron chi connectivity index (χ1n) is 7.15. The number of hydrogen-bond donors (Lipinski definition) is 3. The van der Waals surface area contributed by atoms with Crippen LogP contribution in [-0.4, -0.2) is 16.1 Å². The van der Waals surface area contributed by atoms with Gasteiger partial charge in [-0.3, -0.25) is 9.89 Å². The second kappa shape index (κ2) is 7.05. The van der Waals surface area contributed by atoms with Crippen molar-refractivity contribution in [3.05, 3.63) is 70.5 Å². The molecule has 1 amide bonds. The van der Waals surface area contributed by atoms with Crippen LogP contribution in [0.5, 0.6) is 0 Å². The Morgan fingerprint density at radius 1 is 1.21 bits per heavy atom. The molecule has 1 atom stereocenters. The maximum Gasteiger partial charge on any atom is 0.245 e. The second-order valence-electron chi connectivity index (χ2n) is 5.20. The standard InChI is InChI=1S/C17H14Cl2N4O/c18-12-3-1-2-10(6-12)16(20)17(24)23-13-4-5-14(15(19)7-13)11-8-21-22-9-11/h1-9,16H,20H2,(H,21,22)(H,23,24). The number of hydrogen-bond acceptors (Lipinski definition) is 3. The summed E-state index contributed by atoms with van der Waals surface area (Å²) in [6.07, 6.45) is 3.42. The highest BCUT2D eigenvalue weighted by atomic mass is 35.5. The summed E-state index contributed by atoms with van der Waals surface area (Å²) in [5.74, 6) is -0.343. The summed E-state index contributed by atoms with van der Waals surface area (Å²) in [7, 11) is 0. The van der Waals surface area contributed by atoms with E-state index >= 15 is 0 Å². The van der Waals surface area contributed by atoms with Crippen molar-refractivity contribution in [1.82, 2.24) is 10.2 Å². The molecule has 0 saturated heterocycles. The Kier molecular flexibility index (Phi) is 4.85. The van der Waals surface area contributed by atoms with Gasteiger partial charge in [0, 0.05) is 28.0 Å². The molecule has 0 fully saturated rings. The van der Waals surface area contributed by atoms with Crippen LogP contribution in [-0.2, 0) is 4.79 Å². The smallest absolute Gasteiger partial charge is 0.245 e. The van der Waals surface area contributed by atoms with Gasteiger partial charge in [-0.05, 0) is 29.8 Å². The van der Waals surface area contributed by atoms with E-state index in [0.29, 0.717) is 21.3 Å². The third kappa shape index (κ3) is 3.59. The molecule has 5 nitrogen and oxygen atoms in total. The number of anilines is 1. The average Bonchev–Trinajstić information content (AvgIpc) is 3.08. The Morgan fingerprint density at radius 2 is 2.04 bits per heavy atom. The molecule has 1 aromatic heterocycles. The Hall–Kier alpha value is -2.34. The number of rotatable bonds is 4. The van der Waals surface area contributed by atoms with Gasteiger partial charge in [0.1, 0.15) is 6.04 Å². The number of halogens is 2. The van der Waals surface area contributed by atoms with Crippen molar-refractivity contribution in [2.45, 2.75) is 6.04 Å². The molecule has 7 heteroatoms. The lowest BCUT2D eigenvalue weighted by Gasteiger charge is -2.13. The molecule has 0 aliphatic carbocycles. The van der Waals surface area contributed by atoms with Crippen molar-refractivity contribution in [3.63, 3.8) is 0 Å². The van der Waals surface area contributed by atoms with Crippen LogP contribution in [0.25, 0.3) is 11.1 Å². The van der Waals surface area contributed by atoms with E-state index in [1.807, 2.05) is 6.07 Å². The Labute approximate surface area is 148 Å². The number of carbonyl (C=O) groups is 1. The van der Waals surface area contributed by atoms with Gasteiger partial charge in [0.2, 0.25) is 5.91 Å². The van der Waals surface area contributed by atoms with Gasteiger partial charge in [-0.25, -0.2) is 0 Å². The Morgan fingerprint density at radius 3 is 2.71 bits per heavy atom.